The Kier molecular flexibility index (Phi) is 8.99. The number of carbonyl (C=O) groups is 1. The van der Waals surface area contributed by atoms with E-state index >= 15 is 0 Å². The average molecular weight is 265 g/mol. The van der Waals surface area contributed by atoms with E-state index < -0.39 is 7.82 Å². The van der Waals surface area contributed by atoms with Crippen LogP contribution >= 0.6 is 7.82 Å². The molecule has 0 aliphatic rings. The molecule has 0 aromatic carbocycles. The van der Waals surface area contributed by atoms with E-state index in [1.165, 1.54) is 6.08 Å². The van der Waals surface area contributed by atoms with Gasteiger partial charge in [-0.2, -0.15) is 0 Å². The van der Waals surface area contributed by atoms with Crippen molar-refractivity contribution >= 4 is 13.7 Å². The minimum atomic E-state index is -3.82. The van der Waals surface area contributed by atoms with Crippen molar-refractivity contribution in [2.24, 2.45) is 0 Å². The van der Waals surface area contributed by atoms with Crippen molar-refractivity contribution in [3.63, 3.8) is 0 Å². The highest BCUT2D eigenvalue weighted by Crippen LogP contribution is 2.41. The molecular formula is C10H20NO5P. The smallest absolute Gasteiger partial charge is 0.353 e. The van der Waals surface area contributed by atoms with Crippen LogP contribution in [0.25, 0.3) is 0 Å². The summed E-state index contributed by atoms with van der Waals surface area (Å²) < 4.78 is 19.8. The Morgan fingerprint density at radius 1 is 1.41 bits per heavy atom. The maximum atomic E-state index is 10.9. The van der Waals surface area contributed by atoms with Crippen LogP contribution in [0.5, 0.6) is 0 Å². The third-order valence-electron chi connectivity index (χ3n) is 2.04. The van der Waals surface area contributed by atoms with E-state index in [0.29, 0.717) is 13.0 Å². The minimum absolute atomic E-state index is 0.172. The predicted molar refractivity (Wildman–Crippen MR) is 64.5 cm³/mol. The number of phosphoric ester groups is 1. The number of phosphoric acid groups is 1. The van der Waals surface area contributed by atoms with Crippen LogP contribution in [0, 0.1) is 0 Å². The van der Waals surface area contributed by atoms with Crippen molar-refractivity contribution in [2.45, 2.75) is 25.7 Å². The third kappa shape index (κ3) is 10.2. The zero-order valence-electron chi connectivity index (χ0n) is 10.1. The Hall–Kier alpha value is -0.680. The normalized spacial score (nSPS) is 14.0. The molecule has 0 fully saturated rings. The van der Waals surface area contributed by atoms with Gasteiger partial charge in [0.15, 0.2) is 0 Å². The lowest BCUT2D eigenvalue weighted by Crippen LogP contribution is -2.21. The largest absolute Gasteiger partial charge is 0.471 e. The Labute approximate surface area is 102 Å². The molecule has 17 heavy (non-hydrogen) atoms. The predicted octanol–water partition coefficient (Wildman–Crippen LogP) is 1.61. The van der Waals surface area contributed by atoms with E-state index in [0.717, 1.165) is 26.4 Å². The van der Waals surface area contributed by atoms with E-state index in [4.69, 9.17) is 4.89 Å². The van der Waals surface area contributed by atoms with Crippen LogP contribution in [0.4, 0.5) is 0 Å². The molecule has 0 bridgehead atoms. The van der Waals surface area contributed by atoms with Crippen molar-refractivity contribution in [3.05, 3.63) is 12.7 Å². The first-order valence-electron chi connectivity index (χ1n) is 5.45. The summed E-state index contributed by atoms with van der Waals surface area (Å²) in [4.78, 5) is 19.7. The summed E-state index contributed by atoms with van der Waals surface area (Å²) in [6.45, 7) is 4.15. The Morgan fingerprint density at radius 3 is 2.65 bits per heavy atom. The van der Waals surface area contributed by atoms with Gasteiger partial charge in [-0.15, -0.1) is 0 Å². The topological polar surface area (TPSA) is 84.9 Å². The number of nitrogens with one attached hydrogen (secondary N) is 1. The van der Waals surface area contributed by atoms with E-state index in [9.17, 15) is 9.36 Å². The number of unbranched alkanes of at least 4 members (excludes halogenated alkanes) is 3. The fourth-order valence-electron chi connectivity index (χ4n) is 1.10. The zero-order chi connectivity index (χ0) is 13.1. The lowest BCUT2D eigenvalue weighted by atomic mass is 10.2. The molecule has 1 atom stereocenters. The molecule has 6 nitrogen and oxygen atoms in total. The monoisotopic (exact) mass is 265 g/mol. The van der Waals surface area contributed by atoms with Crippen molar-refractivity contribution < 1.29 is 23.3 Å². The summed E-state index contributed by atoms with van der Waals surface area (Å²) in [5.41, 5.74) is 0. The number of rotatable bonds is 10. The van der Waals surface area contributed by atoms with Crippen LogP contribution < -0.4 is 5.32 Å². The maximum Gasteiger partial charge on any atom is 0.471 e. The molecule has 0 aromatic heterocycles. The minimum Gasteiger partial charge on any atom is -0.353 e. The fraction of sp³-hybridized carbons (Fsp3) is 0.700. The molecule has 1 unspecified atom stereocenters. The Balaban J connectivity index is 3.27. The molecular weight excluding hydrogens is 245 g/mol. The summed E-state index contributed by atoms with van der Waals surface area (Å²) in [6, 6.07) is 0. The number of amides is 1. The SMILES string of the molecule is C=CC(=O)NCCCCCCOP(=O)(O)OC. The second-order valence-corrected chi connectivity index (χ2v) is 4.95. The van der Waals surface area contributed by atoms with Gasteiger partial charge in [-0.05, 0) is 18.9 Å². The molecule has 0 aliphatic carbocycles. The molecule has 1 amide bonds. The second kappa shape index (κ2) is 9.36. The van der Waals surface area contributed by atoms with Gasteiger partial charge in [0, 0.05) is 13.7 Å². The van der Waals surface area contributed by atoms with Gasteiger partial charge in [0.1, 0.15) is 0 Å². The molecule has 0 rings (SSSR count). The second-order valence-electron chi connectivity index (χ2n) is 3.39. The molecule has 0 aliphatic heterocycles. The first-order valence-corrected chi connectivity index (χ1v) is 6.94. The quantitative estimate of drug-likeness (QED) is 0.356. The average Bonchev–Trinajstić information content (AvgIpc) is 2.32. The van der Waals surface area contributed by atoms with Crippen LogP contribution in [0.3, 0.4) is 0 Å². The van der Waals surface area contributed by atoms with Crippen molar-refractivity contribution in [1.29, 1.82) is 0 Å². The van der Waals surface area contributed by atoms with Crippen LogP contribution in [0.2, 0.25) is 0 Å². The lowest BCUT2D eigenvalue weighted by molar-refractivity contribution is -0.116. The Bertz CT molecular complexity index is 282. The van der Waals surface area contributed by atoms with Gasteiger partial charge < -0.3 is 10.2 Å². The van der Waals surface area contributed by atoms with Crippen LogP contribution in [0.1, 0.15) is 25.7 Å². The summed E-state index contributed by atoms with van der Waals surface area (Å²) in [7, 11) is -2.69. The van der Waals surface area contributed by atoms with E-state index in [-0.39, 0.29) is 12.5 Å². The molecule has 0 spiro atoms. The van der Waals surface area contributed by atoms with Gasteiger partial charge >= 0.3 is 7.82 Å². The Morgan fingerprint density at radius 2 is 2.06 bits per heavy atom. The van der Waals surface area contributed by atoms with Crippen LogP contribution in [-0.4, -0.2) is 31.1 Å². The van der Waals surface area contributed by atoms with Gasteiger partial charge in [-0.1, -0.05) is 19.4 Å². The van der Waals surface area contributed by atoms with Gasteiger partial charge in [-0.3, -0.25) is 13.8 Å². The number of hydrogen-bond acceptors (Lipinski definition) is 4. The molecule has 0 heterocycles. The molecule has 0 radical (unpaired) electrons. The molecule has 0 aromatic rings. The summed E-state index contributed by atoms with van der Waals surface area (Å²) in [5.74, 6) is -0.172. The summed E-state index contributed by atoms with van der Waals surface area (Å²) in [5, 5.41) is 2.66. The molecule has 2 N–H and O–H groups in total. The third-order valence-corrected chi connectivity index (χ3v) is 3.01. The van der Waals surface area contributed by atoms with Gasteiger partial charge in [0.25, 0.3) is 0 Å². The highest BCUT2D eigenvalue weighted by Gasteiger charge is 2.17. The van der Waals surface area contributed by atoms with E-state index in [1.807, 2.05) is 0 Å². The van der Waals surface area contributed by atoms with Gasteiger partial charge in [0.05, 0.1) is 6.61 Å². The zero-order valence-corrected chi connectivity index (χ0v) is 10.9. The van der Waals surface area contributed by atoms with Crippen LogP contribution in [0.15, 0.2) is 12.7 Å². The lowest BCUT2D eigenvalue weighted by Gasteiger charge is -2.08. The summed E-state index contributed by atoms with van der Waals surface area (Å²) in [6.07, 6.45) is 4.57. The van der Waals surface area contributed by atoms with Crippen LogP contribution in [-0.2, 0) is 18.4 Å². The van der Waals surface area contributed by atoms with Gasteiger partial charge in [-0.25, -0.2) is 4.57 Å². The maximum absolute atomic E-state index is 10.9. The fourth-order valence-corrected chi connectivity index (χ4v) is 1.56. The molecule has 0 saturated carbocycles. The first-order chi connectivity index (χ1) is 8.02. The molecule has 100 valence electrons. The standard InChI is InChI=1S/C10H20NO5P/c1-3-10(12)11-8-6-4-5-7-9-16-17(13,14)15-2/h3H,1,4-9H2,2H3,(H,11,12)(H,13,14). The number of hydrogen-bond donors (Lipinski definition) is 2. The molecule has 0 saturated heterocycles. The molecule has 7 heteroatoms. The van der Waals surface area contributed by atoms with Gasteiger partial charge in [0.2, 0.25) is 5.91 Å². The number of carbonyl (C=O) groups excluding carboxylic acids is 1. The van der Waals surface area contributed by atoms with E-state index in [1.54, 1.807) is 0 Å². The van der Waals surface area contributed by atoms with Crippen molar-refractivity contribution in [1.82, 2.24) is 5.32 Å². The highest BCUT2D eigenvalue weighted by molar-refractivity contribution is 7.47. The van der Waals surface area contributed by atoms with Crippen molar-refractivity contribution in [3.8, 4) is 0 Å². The van der Waals surface area contributed by atoms with E-state index in [2.05, 4.69) is 20.9 Å². The first kappa shape index (κ1) is 16.3. The summed E-state index contributed by atoms with van der Waals surface area (Å²) >= 11 is 0. The highest BCUT2D eigenvalue weighted by atomic mass is 31.2. The van der Waals surface area contributed by atoms with Crippen molar-refractivity contribution in [2.75, 3.05) is 20.3 Å².